The summed E-state index contributed by atoms with van der Waals surface area (Å²) in [7, 11) is -3.53. The van der Waals surface area contributed by atoms with Gasteiger partial charge in [0.15, 0.2) is 0 Å². The summed E-state index contributed by atoms with van der Waals surface area (Å²) in [6.45, 7) is 8.07. The van der Waals surface area contributed by atoms with Gasteiger partial charge in [0.2, 0.25) is 5.91 Å². The Labute approximate surface area is 128 Å². The van der Waals surface area contributed by atoms with Gasteiger partial charge in [-0.25, -0.2) is 0 Å². The standard InChI is InChI=1S/C14H27N3O3S/c1-11(2)10-13-14(18)15-6-9-17(13)21(19,20)16-7-4-12(3)5-8-16/h11-13H,4-10H2,1-3H3,(H,15,18). The molecule has 0 spiro atoms. The van der Waals surface area contributed by atoms with E-state index in [1.807, 2.05) is 13.8 Å². The number of hydrogen-bond donors (Lipinski definition) is 1. The van der Waals surface area contributed by atoms with Gasteiger partial charge in [-0.05, 0) is 31.1 Å². The number of nitrogens with zero attached hydrogens (tertiary/aromatic N) is 2. The van der Waals surface area contributed by atoms with Crippen molar-refractivity contribution in [3.63, 3.8) is 0 Å². The average molecular weight is 317 g/mol. The van der Waals surface area contributed by atoms with Crippen molar-refractivity contribution in [3.8, 4) is 0 Å². The molecule has 1 atom stereocenters. The van der Waals surface area contributed by atoms with Crippen molar-refractivity contribution < 1.29 is 13.2 Å². The zero-order valence-corrected chi connectivity index (χ0v) is 14.0. The van der Waals surface area contributed by atoms with E-state index in [0.717, 1.165) is 12.8 Å². The first kappa shape index (κ1) is 16.7. The van der Waals surface area contributed by atoms with E-state index < -0.39 is 16.3 Å². The molecule has 0 aromatic rings. The van der Waals surface area contributed by atoms with Crippen LogP contribution in [-0.4, -0.2) is 55.2 Å². The second-order valence-corrected chi connectivity index (χ2v) is 8.52. The zero-order valence-electron chi connectivity index (χ0n) is 13.2. The third kappa shape index (κ3) is 3.76. The molecule has 0 aliphatic carbocycles. The Hall–Kier alpha value is -0.660. The van der Waals surface area contributed by atoms with Crippen molar-refractivity contribution in [1.82, 2.24) is 13.9 Å². The summed E-state index contributed by atoms with van der Waals surface area (Å²) in [5.41, 5.74) is 0. The predicted molar refractivity (Wildman–Crippen MR) is 81.8 cm³/mol. The van der Waals surface area contributed by atoms with Crippen LogP contribution in [0, 0.1) is 11.8 Å². The van der Waals surface area contributed by atoms with E-state index in [9.17, 15) is 13.2 Å². The fraction of sp³-hybridized carbons (Fsp3) is 0.929. The lowest BCUT2D eigenvalue weighted by Gasteiger charge is -2.39. The normalized spacial score (nSPS) is 27.0. The summed E-state index contributed by atoms with van der Waals surface area (Å²) in [4.78, 5) is 12.1. The average Bonchev–Trinajstić information content (AvgIpc) is 2.41. The topological polar surface area (TPSA) is 69.7 Å². The molecule has 7 heteroatoms. The summed E-state index contributed by atoms with van der Waals surface area (Å²) in [6.07, 6.45) is 2.36. The maximum atomic E-state index is 12.9. The largest absolute Gasteiger partial charge is 0.353 e. The highest BCUT2D eigenvalue weighted by molar-refractivity contribution is 7.86. The van der Waals surface area contributed by atoms with Crippen LogP contribution in [0.2, 0.25) is 0 Å². The van der Waals surface area contributed by atoms with Crippen LogP contribution in [0.25, 0.3) is 0 Å². The summed E-state index contributed by atoms with van der Waals surface area (Å²) < 4.78 is 28.7. The Morgan fingerprint density at radius 2 is 1.86 bits per heavy atom. The van der Waals surface area contributed by atoms with Gasteiger partial charge in [0.25, 0.3) is 10.2 Å². The molecule has 122 valence electrons. The molecule has 2 saturated heterocycles. The highest BCUT2D eigenvalue weighted by Crippen LogP contribution is 2.24. The number of carbonyl (C=O) groups is 1. The molecule has 1 N–H and O–H groups in total. The maximum absolute atomic E-state index is 12.9. The van der Waals surface area contributed by atoms with Crippen molar-refractivity contribution in [2.24, 2.45) is 11.8 Å². The van der Waals surface area contributed by atoms with Gasteiger partial charge in [0, 0.05) is 26.2 Å². The molecule has 0 radical (unpaired) electrons. The zero-order chi connectivity index (χ0) is 15.6. The number of rotatable bonds is 4. The molecular formula is C14H27N3O3S. The van der Waals surface area contributed by atoms with E-state index in [1.165, 1.54) is 4.31 Å². The lowest BCUT2D eigenvalue weighted by atomic mass is 10.0. The van der Waals surface area contributed by atoms with Gasteiger partial charge in [-0.2, -0.15) is 17.0 Å². The molecule has 1 amide bonds. The minimum Gasteiger partial charge on any atom is -0.353 e. The van der Waals surface area contributed by atoms with Gasteiger partial charge < -0.3 is 5.32 Å². The van der Waals surface area contributed by atoms with E-state index in [4.69, 9.17) is 0 Å². The maximum Gasteiger partial charge on any atom is 0.282 e. The SMILES string of the molecule is CC(C)CC1C(=O)NCCN1S(=O)(=O)N1CCC(C)CC1. The molecular weight excluding hydrogens is 290 g/mol. The first-order valence-electron chi connectivity index (χ1n) is 7.87. The smallest absolute Gasteiger partial charge is 0.282 e. The molecule has 1 unspecified atom stereocenters. The fourth-order valence-electron chi connectivity index (χ4n) is 3.00. The molecule has 2 heterocycles. The van der Waals surface area contributed by atoms with E-state index in [1.54, 1.807) is 4.31 Å². The lowest BCUT2D eigenvalue weighted by molar-refractivity contribution is -0.127. The van der Waals surface area contributed by atoms with Crippen LogP contribution >= 0.6 is 0 Å². The monoisotopic (exact) mass is 317 g/mol. The molecule has 0 bridgehead atoms. The van der Waals surface area contributed by atoms with Crippen LogP contribution < -0.4 is 5.32 Å². The Bertz CT molecular complexity index is 470. The van der Waals surface area contributed by atoms with Crippen molar-refractivity contribution in [1.29, 1.82) is 0 Å². The van der Waals surface area contributed by atoms with Crippen LogP contribution in [0.15, 0.2) is 0 Å². The highest BCUT2D eigenvalue weighted by atomic mass is 32.2. The lowest BCUT2D eigenvalue weighted by Crippen LogP contribution is -2.60. The van der Waals surface area contributed by atoms with Crippen LogP contribution in [0.5, 0.6) is 0 Å². The van der Waals surface area contributed by atoms with E-state index in [0.29, 0.717) is 38.5 Å². The number of hydrogen-bond acceptors (Lipinski definition) is 3. The number of amides is 1. The van der Waals surface area contributed by atoms with Crippen molar-refractivity contribution in [2.45, 2.75) is 46.1 Å². The van der Waals surface area contributed by atoms with Crippen molar-refractivity contribution in [3.05, 3.63) is 0 Å². The van der Waals surface area contributed by atoms with Crippen molar-refractivity contribution in [2.75, 3.05) is 26.2 Å². The number of piperazine rings is 1. The van der Waals surface area contributed by atoms with E-state index in [-0.39, 0.29) is 11.8 Å². The van der Waals surface area contributed by atoms with Crippen LogP contribution in [0.1, 0.15) is 40.0 Å². The van der Waals surface area contributed by atoms with Gasteiger partial charge in [0.05, 0.1) is 0 Å². The minimum atomic E-state index is -3.53. The number of nitrogens with one attached hydrogen (secondary N) is 1. The molecule has 0 aromatic carbocycles. The Morgan fingerprint density at radius 1 is 1.24 bits per heavy atom. The van der Waals surface area contributed by atoms with Gasteiger partial charge >= 0.3 is 0 Å². The second-order valence-electron chi connectivity index (χ2n) is 6.64. The van der Waals surface area contributed by atoms with Gasteiger partial charge in [-0.1, -0.05) is 20.8 Å². The third-order valence-corrected chi connectivity index (χ3v) is 6.39. The first-order chi connectivity index (χ1) is 9.82. The third-order valence-electron chi connectivity index (χ3n) is 4.34. The van der Waals surface area contributed by atoms with Crippen LogP contribution in [0.3, 0.4) is 0 Å². The molecule has 0 aromatic heterocycles. The summed E-state index contributed by atoms with van der Waals surface area (Å²) in [5, 5.41) is 2.79. The molecule has 21 heavy (non-hydrogen) atoms. The van der Waals surface area contributed by atoms with Gasteiger partial charge in [-0.15, -0.1) is 0 Å². The first-order valence-corrected chi connectivity index (χ1v) is 9.26. The fourth-order valence-corrected chi connectivity index (χ4v) is 4.80. The van der Waals surface area contributed by atoms with Gasteiger partial charge in [0.1, 0.15) is 6.04 Å². The molecule has 0 saturated carbocycles. The Balaban J connectivity index is 2.17. The predicted octanol–water partition coefficient (Wildman–Crippen LogP) is 0.810. The van der Waals surface area contributed by atoms with Crippen molar-refractivity contribution >= 4 is 16.1 Å². The van der Waals surface area contributed by atoms with Crippen LogP contribution in [-0.2, 0) is 15.0 Å². The molecule has 6 nitrogen and oxygen atoms in total. The Kier molecular flexibility index (Phi) is 5.27. The molecule has 2 aliphatic rings. The summed E-state index contributed by atoms with van der Waals surface area (Å²) in [5.74, 6) is 0.689. The van der Waals surface area contributed by atoms with Crippen LogP contribution in [0.4, 0.5) is 0 Å². The second kappa shape index (κ2) is 6.62. The molecule has 2 aliphatic heterocycles. The highest BCUT2D eigenvalue weighted by Gasteiger charge is 2.41. The van der Waals surface area contributed by atoms with Gasteiger partial charge in [-0.3, -0.25) is 4.79 Å². The minimum absolute atomic E-state index is 0.163. The van der Waals surface area contributed by atoms with E-state index >= 15 is 0 Å². The number of carbonyl (C=O) groups excluding carboxylic acids is 1. The Morgan fingerprint density at radius 3 is 2.43 bits per heavy atom. The quantitative estimate of drug-likeness (QED) is 0.834. The molecule has 2 rings (SSSR count). The molecule has 2 fully saturated rings. The van der Waals surface area contributed by atoms with E-state index in [2.05, 4.69) is 12.2 Å². The summed E-state index contributed by atoms with van der Waals surface area (Å²) >= 11 is 0. The summed E-state index contributed by atoms with van der Waals surface area (Å²) in [6, 6.07) is -0.567. The number of piperidine rings is 1.